The van der Waals surface area contributed by atoms with Gasteiger partial charge in [-0.25, -0.2) is 4.79 Å². The number of carboxylic acid groups (broad SMARTS) is 1. The molecule has 0 saturated heterocycles. The van der Waals surface area contributed by atoms with E-state index in [1.54, 1.807) is 0 Å². The molecule has 0 unspecified atom stereocenters. The van der Waals surface area contributed by atoms with Gasteiger partial charge in [-0.3, -0.25) is 4.57 Å². The van der Waals surface area contributed by atoms with Crippen molar-refractivity contribution in [3.05, 3.63) is 10.3 Å². The minimum atomic E-state index is -4.45. The summed E-state index contributed by atoms with van der Waals surface area (Å²) in [6, 6.07) is -0.938. The van der Waals surface area contributed by atoms with E-state index in [2.05, 4.69) is 12.2 Å². The van der Waals surface area contributed by atoms with Crippen LogP contribution in [0.1, 0.15) is 39.0 Å². The highest BCUT2D eigenvalue weighted by Gasteiger charge is 2.34. The van der Waals surface area contributed by atoms with Gasteiger partial charge in [0, 0.05) is 10.7 Å². The monoisotopic (exact) mass is 309 g/mol. The molecule has 0 aromatic rings. The lowest BCUT2D eigenvalue weighted by Gasteiger charge is -2.27. The van der Waals surface area contributed by atoms with Gasteiger partial charge in [-0.05, 0) is 12.8 Å². The van der Waals surface area contributed by atoms with E-state index in [-0.39, 0.29) is 5.44 Å². The molecule has 0 aromatic carbocycles. The maximum Gasteiger partial charge on any atom is 0.372 e. The number of carboxylic acids is 1. The van der Waals surface area contributed by atoms with Crippen molar-refractivity contribution < 1.29 is 24.3 Å². The van der Waals surface area contributed by atoms with Gasteiger partial charge in [0.15, 0.2) is 0 Å². The van der Waals surface area contributed by atoms with Gasteiger partial charge in [0.25, 0.3) is 0 Å². The number of allylic oxidation sites excluding steroid dienone is 1. The third kappa shape index (κ3) is 5.18. The van der Waals surface area contributed by atoms with Gasteiger partial charge in [-0.1, -0.05) is 26.2 Å². The lowest BCUT2D eigenvalue weighted by molar-refractivity contribution is -0.138. The van der Waals surface area contributed by atoms with E-state index in [1.807, 2.05) is 0 Å². The fraction of sp³-hybridized carbons (Fsp3) is 0.727. The quantitative estimate of drug-likeness (QED) is 0.421. The van der Waals surface area contributed by atoms with E-state index in [0.29, 0.717) is 17.1 Å². The number of carbonyl (C=O) groups is 1. The van der Waals surface area contributed by atoms with Crippen LogP contribution < -0.4 is 5.32 Å². The van der Waals surface area contributed by atoms with Crippen molar-refractivity contribution in [2.24, 2.45) is 0 Å². The van der Waals surface area contributed by atoms with Crippen molar-refractivity contribution in [1.29, 1.82) is 0 Å². The molecule has 19 heavy (non-hydrogen) atoms. The van der Waals surface area contributed by atoms with Crippen LogP contribution >= 0.6 is 19.4 Å². The number of thioether (sulfide) groups is 1. The highest BCUT2D eigenvalue weighted by Crippen LogP contribution is 2.49. The summed E-state index contributed by atoms with van der Waals surface area (Å²) in [4.78, 5) is 30.1. The summed E-state index contributed by atoms with van der Waals surface area (Å²) in [5.74, 6) is -0.800. The lowest BCUT2D eigenvalue weighted by atomic mass is 10.1. The molecule has 110 valence electrons. The highest BCUT2D eigenvalue weighted by molar-refractivity contribution is 8.03. The summed E-state index contributed by atoms with van der Waals surface area (Å²) in [6.45, 7) is 2.09. The molecule has 0 fully saturated rings. The van der Waals surface area contributed by atoms with Crippen LogP contribution in [-0.4, -0.2) is 32.7 Å². The van der Waals surface area contributed by atoms with E-state index in [9.17, 15) is 19.1 Å². The number of hydrogen-bond acceptors (Lipinski definition) is 4. The summed E-state index contributed by atoms with van der Waals surface area (Å²) in [7, 11) is -4.45. The fourth-order valence-electron chi connectivity index (χ4n) is 1.82. The molecule has 0 saturated carbocycles. The minimum Gasteiger partial charge on any atom is -0.480 e. The van der Waals surface area contributed by atoms with Gasteiger partial charge in [0.1, 0.15) is 11.5 Å². The summed E-state index contributed by atoms with van der Waals surface area (Å²) < 4.78 is 11.4. The van der Waals surface area contributed by atoms with Crippen LogP contribution in [0.25, 0.3) is 0 Å². The Kier molecular flexibility index (Phi) is 6.39. The summed E-state index contributed by atoms with van der Waals surface area (Å²) in [6.07, 6.45) is 4.64. The number of rotatable bonds is 7. The molecule has 1 aliphatic heterocycles. The second-order valence-corrected chi connectivity index (χ2v) is 7.12. The molecule has 6 nitrogen and oxygen atoms in total. The molecule has 0 spiro atoms. The Morgan fingerprint density at radius 3 is 2.63 bits per heavy atom. The van der Waals surface area contributed by atoms with Crippen LogP contribution in [0.3, 0.4) is 0 Å². The first-order valence-electron chi connectivity index (χ1n) is 6.27. The Morgan fingerprint density at radius 1 is 1.42 bits per heavy atom. The zero-order valence-corrected chi connectivity index (χ0v) is 12.5. The van der Waals surface area contributed by atoms with E-state index in [1.165, 1.54) is 11.8 Å². The zero-order chi connectivity index (χ0) is 14.5. The normalized spacial score (nSPS) is 20.3. The van der Waals surface area contributed by atoms with Crippen molar-refractivity contribution in [3.8, 4) is 0 Å². The standard InChI is InChI=1S/C11H20NO5PS/c1-2-3-4-5-6-9-10(18(15,16)17)12-8(7-19-9)11(13)14/h8,12H,2-7H2,1H3,(H,13,14)(H2,15,16,17)/t8-/m0/s1. The predicted molar refractivity (Wildman–Crippen MR) is 74.8 cm³/mol. The van der Waals surface area contributed by atoms with E-state index >= 15 is 0 Å². The number of hydrogen-bond donors (Lipinski definition) is 4. The van der Waals surface area contributed by atoms with Crippen LogP contribution in [0.15, 0.2) is 10.3 Å². The largest absolute Gasteiger partial charge is 0.480 e. The molecule has 1 rings (SSSR count). The molecular formula is C11H20NO5PS. The van der Waals surface area contributed by atoms with Crippen molar-refractivity contribution >= 4 is 25.3 Å². The predicted octanol–water partition coefficient (Wildman–Crippen LogP) is 2.09. The average Bonchev–Trinajstić information content (AvgIpc) is 2.33. The maximum absolute atomic E-state index is 11.4. The van der Waals surface area contributed by atoms with Crippen molar-refractivity contribution in [3.63, 3.8) is 0 Å². The molecule has 8 heteroatoms. The Bertz CT molecular complexity index is 406. The molecule has 0 aliphatic carbocycles. The lowest BCUT2D eigenvalue weighted by Crippen LogP contribution is -2.41. The van der Waals surface area contributed by atoms with Crippen molar-refractivity contribution in [1.82, 2.24) is 5.32 Å². The maximum atomic E-state index is 11.4. The third-order valence-electron chi connectivity index (χ3n) is 2.85. The molecule has 0 radical (unpaired) electrons. The zero-order valence-electron chi connectivity index (χ0n) is 10.8. The molecule has 1 heterocycles. The Labute approximate surface area is 116 Å². The number of unbranched alkanes of at least 4 members (excludes halogenated alkanes) is 3. The van der Waals surface area contributed by atoms with Crippen molar-refractivity contribution in [2.45, 2.75) is 45.1 Å². The smallest absolute Gasteiger partial charge is 0.372 e. The van der Waals surface area contributed by atoms with Crippen LogP contribution in [0.5, 0.6) is 0 Å². The molecule has 4 N–H and O–H groups in total. The highest BCUT2D eigenvalue weighted by atomic mass is 32.2. The van der Waals surface area contributed by atoms with Gasteiger partial charge in [0.05, 0.1) is 0 Å². The topological polar surface area (TPSA) is 107 Å². The second kappa shape index (κ2) is 7.33. The summed E-state index contributed by atoms with van der Waals surface area (Å²) in [5.41, 5.74) is -0.201. The molecule has 0 bridgehead atoms. The molecule has 0 aromatic heterocycles. The van der Waals surface area contributed by atoms with Gasteiger partial charge in [-0.15, -0.1) is 11.8 Å². The molecule has 1 aliphatic rings. The minimum absolute atomic E-state index is 0.201. The number of nitrogens with one attached hydrogen (secondary N) is 1. The molecule has 1 atom stereocenters. The van der Waals surface area contributed by atoms with Crippen LogP contribution in [0.4, 0.5) is 0 Å². The average molecular weight is 309 g/mol. The molecular weight excluding hydrogens is 289 g/mol. The fourth-order valence-corrected chi connectivity index (χ4v) is 4.21. The SMILES string of the molecule is CCCCCCC1=C(P(=O)(O)O)N[C@H](C(=O)O)CS1. The van der Waals surface area contributed by atoms with Gasteiger partial charge >= 0.3 is 13.6 Å². The second-order valence-electron chi connectivity index (χ2n) is 4.47. The Balaban J connectivity index is 2.76. The van der Waals surface area contributed by atoms with Crippen LogP contribution in [0, 0.1) is 0 Å². The third-order valence-corrected chi connectivity index (χ3v) is 5.24. The van der Waals surface area contributed by atoms with E-state index < -0.39 is 19.6 Å². The Morgan fingerprint density at radius 2 is 2.11 bits per heavy atom. The van der Waals surface area contributed by atoms with Gasteiger partial charge < -0.3 is 20.2 Å². The van der Waals surface area contributed by atoms with Gasteiger partial charge in [-0.2, -0.15) is 0 Å². The van der Waals surface area contributed by atoms with Crippen LogP contribution in [-0.2, 0) is 9.36 Å². The number of aliphatic carboxylic acids is 1. The first-order valence-corrected chi connectivity index (χ1v) is 8.87. The van der Waals surface area contributed by atoms with E-state index in [4.69, 9.17) is 5.11 Å². The molecule has 0 amide bonds. The first kappa shape index (κ1) is 16.6. The Hall–Kier alpha value is -0.490. The summed E-state index contributed by atoms with van der Waals surface area (Å²) >= 11 is 1.24. The van der Waals surface area contributed by atoms with Crippen molar-refractivity contribution in [2.75, 3.05) is 5.75 Å². The van der Waals surface area contributed by atoms with Gasteiger partial charge in [0.2, 0.25) is 0 Å². The first-order chi connectivity index (χ1) is 8.86. The van der Waals surface area contributed by atoms with Crippen LogP contribution in [0.2, 0.25) is 0 Å². The summed E-state index contributed by atoms with van der Waals surface area (Å²) in [5, 5.41) is 11.4. The van der Waals surface area contributed by atoms with E-state index in [0.717, 1.165) is 25.7 Å².